The summed E-state index contributed by atoms with van der Waals surface area (Å²) in [5.41, 5.74) is 0. The van der Waals surface area contributed by atoms with Gasteiger partial charge in [0.2, 0.25) is 0 Å². The van der Waals surface area contributed by atoms with Crippen molar-refractivity contribution < 1.29 is 44.2 Å². The molecule has 0 amide bonds. The van der Waals surface area contributed by atoms with Crippen molar-refractivity contribution in [2.75, 3.05) is 26.4 Å². The highest BCUT2D eigenvalue weighted by Gasteiger charge is 2.44. The lowest BCUT2D eigenvalue weighted by Crippen LogP contribution is -2.59. The fourth-order valence-electron chi connectivity index (χ4n) is 4.72. The lowest BCUT2D eigenvalue weighted by atomic mass is 9.99. The molecule has 1 saturated heterocycles. The third-order valence-electron chi connectivity index (χ3n) is 7.27. The predicted octanol–water partition coefficient (Wildman–Crippen LogP) is 4.40. The number of ether oxygens (including phenoxy) is 4. The molecule has 6 atom stereocenters. The van der Waals surface area contributed by atoms with Gasteiger partial charge in [-0.3, -0.25) is 4.79 Å². The molecule has 0 bridgehead atoms. The summed E-state index contributed by atoms with van der Waals surface area (Å²) in [5, 5.41) is 39.6. The lowest BCUT2D eigenvalue weighted by Gasteiger charge is -2.39. The van der Waals surface area contributed by atoms with Crippen LogP contribution in [0.4, 0.5) is 0 Å². The molecule has 0 aromatic heterocycles. The van der Waals surface area contributed by atoms with Gasteiger partial charge in [0.15, 0.2) is 6.29 Å². The maximum atomic E-state index is 12.5. The summed E-state index contributed by atoms with van der Waals surface area (Å²) < 4.78 is 22.5. The Hall–Kier alpha value is -0.810. The summed E-state index contributed by atoms with van der Waals surface area (Å²) >= 11 is 0. The van der Waals surface area contributed by atoms with E-state index in [1.54, 1.807) is 0 Å². The first-order chi connectivity index (χ1) is 18.9. The monoisotopic (exact) mass is 562 g/mol. The van der Waals surface area contributed by atoms with E-state index in [9.17, 15) is 25.2 Å². The van der Waals surface area contributed by atoms with Crippen LogP contribution in [0.1, 0.15) is 123 Å². The molecular weight excluding hydrogens is 504 g/mol. The number of aliphatic hydroxyl groups excluding tert-OH is 4. The first-order valence-corrected chi connectivity index (χ1v) is 15.6. The molecule has 1 rings (SSSR count). The number of hydrogen-bond donors (Lipinski definition) is 4. The molecule has 1 aliphatic rings. The van der Waals surface area contributed by atoms with Gasteiger partial charge in [0, 0.05) is 13.0 Å². The largest absolute Gasteiger partial charge is 0.457 e. The number of rotatable bonds is 25. The zero-order valence-corrected chi connectivity index (χ0v) is 24.6. The Morgan fingerprint density at radius 3 is 1.82 bits per heavy atom. The summed E-state index contributed by atoms with van der Waals surface area (Å²) in [5.74, 6) is -0.322. The Morgan fingerprint density at radius 2 is 1.26 bits per heavy atom. The highest BCUT2D eigenvalue weighted by Crippen LogP contribution is 2.22. The summed E-state index contributed by atoms with van der Waals surface area (Å²) in [7, 11) is 0. The molecule has 232 valence electrons. The second-order valence-electron chi connectivity index (χ2n) is 10.9. The van der Waals surface area contributed by atoms with Crippen LogP contribution in [-0.4, -0.2) is 89.6 Å². The van der Waals surface area contributed by atoms with Crippen molar-refractivity contribution in [2.45, 2.75) is 160 Å². The number of carbonyl (C=O) groups excluding carboxylic acids is 1. The lowest BCUT2D eigenvalue weighted by molar-refractivity contribution is -0.305. The molecule has 9 nitrogen and oxygen atoms in total. The minimum Gasteiger partial charge on any atom is -0.457 e. The van der Waals surface area contributed by atoms with Gasteiger partial charge in [0.1, 0.15) is 30.5 Å². The van der Waals surface area contributed by atoms with Crippen molar-refractivity contribution in [3.05, 3.63) is 0 Å². The fraction of sp³-hybridized carbons (Fsp3) is 0.967. The molecule has 0 saturated carbocycles. The number of carbonyl (C=O) groups is 1. The molecule has 9 heteroatoms. The Bertz CT molecular complexity index is 575. The molecule has 0 aliphatic carbocycles. The van der Waals surface area contributed by atoms with Crippen LogP contribution >= 0.6 is 0 Å². The number of unbranched alkanes of at least 4 members (excludes halogenated alkanes) is 14. The van der Waals surface area contributed by atoms with Gasteiger partial charge in [-0.1, -0.05) is 104 Å². The molecule has 0 aromatic rings. The van der Waals surface area contributed by atoms with Gasteiger partial charge in [-0.05, 0) is 12.8 Å². The Kier molecular flexibility index (Phi) is 22.1. The van der Waals surface area contributed by atoms with Crippen LogP contribution in [0, 0.1) is 0 Å². The van der Waals surface area contributed by atoms with Gasteiger partial charge in [0.25, 0.3) is 0 Å². The number of hydrogen-bond acceptors (Lipinski definition) is 9. The molecule has 6 unspecified atom stereocenters. The van der Waals surface area contributed by atoms with Crippen LogP contribution in [0.15, 0.2) is 0 Å². The SMILES string of the molecule is CCCCCCCCCCCOCC(COC1OC(CO)C(O)C(O)C1O)OC(=O)CCCCCCCCC. The second-order valence-corrected chi connectivity index (χ2v) is 10.9. The molecular formula is C30H58O9. The standard InChI is InChI=1S/C30H58O9/c1-3-5-7-9-11-12-14-16-18-20-36-22-24(38-26(32)19-17-15-13-10-8-6-4-2)23-37-30-29(35)28(34)27(33)25(21-31)39-30/h24-25,27-31,33-35H,3-23H2,1-2H3. The zero-order valence-electron chi connectivity index (χ0n) is 24.6. The van der Waals surface area contributed by atoms with E-state index >= 15 is 0 Å². The third-order valence-corrected chi connectivity index (χ3v) is 7.27. The van der Waals surface area contributed by atoms with Crippen molar-refractivity contribution in [1.29, 1.82) is 0 Å². The Labute approximate surface area is 236 Å². The minimum absolute atomic E-state index is 0.108. The fourth-order valence-corrected chi connectivity index (χ4v) is 4.72. The van der Waals surface area contributed by atoms with Crippen molar-refractivity contribution >= 4 is 5.97 Å². The molecule has 0 spiro atoms. The second kappa shape index (κ2) is 23.9. The van der Waals surface area contributed by atoms with E-state index < -0.39 is 43.4 Å². The first kappa shape index (κ1) is 36.2. The summed E-state index contributed by atoms with van der Waals surface area (Å²) in [6, 6.07) is 0. The molecule has 1 aliphatic heterocycles. The first-order valence-electron chi connectivity index (χ1n) is 15.6. The van der Waals surface area contributed by atoms with E-state index in [1.165, 1.54) is 70.6 Å². The van der Waals surface area contributed by atoms with Crippen molar-refractivity contribution in [3.8, 4) is 0 Å². The molecule has 1 heterocycles. The van der Waals surface area contributed by atoms with Crippen LogP contribution in [-0.2, 0) is 23.7 Å². The smallest absolute Gasteiger partial charge is 0.306 e. The normalized spacial score (nSPS) is 24.1. The summed E-state index contributed by atoms with van der Waals surface area (Å²) in [4.78, 5) is 12.5. The summed E-state index contributed by atoms with van der Waals surface area (Å²) in [6.45, 7) is 4.48. The van der Waals surface area contributed by atoms with Gasteiger partial charge >= 0.3 is 5.97 Å². The van der Waals surface area contributed by atoms with Crippen molar-refractivity contribution in [1.82, 2.24) is 0 Å². The van der Waals surface area contributed by atoms with E-state index in [2.05, 4.69) is 13.8 Å². The van der Waals surface area contributed by atoms with Crippen molar-refractivity contribution in [2.24, 2.45) is 0 Å². The highest BCUT2D eigenvalue weighted by atomic mass is 16.7. The zero-order chi connectivity index (χ0) is 28.7. The minimum atomic E-state index is -1.53. The quantitative estimate of drug-likeness (QED) is 0.0943. The van der Waals surface area contributed by atoms with Crippen LogP contribution < -0.4 is 0 Å². The Morgan fingerprint density at radius 1 is 0.718 bits per heavy atom. The molecule has 39 heavy (non-hydrogen) atoms. The van der Waals surface area contributed by atoms with Crippen LogP contribution in [0.25, 0.3) is 0 Å². The van der Waals surface area contributed by atoms with Gasteiger partial charge < -0.3 is 39.4 Å². The van der Waals surface area contributed by atoms with E-state index in [0.717, 1.165) is 32.1 Å². The highest BCUT2D eigenvalue weighted by molar-refractivity contribution is 5.69. The molecule has 1 fully saturated rings. The maximum Gasteiger partial charge on any atom is 0.306 e. The van der Waals surface area contributed by atoms with Crippen molar-refractivity contribution in [3.63, 3.8) is 0 Å². The molecule has 0 aromatic carbocycles. The number of esters is 1. The number of aliphatic hydroxyl groups is 4. The predicted molar refractivity (Wildman–Crippen MR) is 150 cm³/mol. The van der Waals surface area contributed by atoms with Gasteiger partial charge in [-0.15, -0.1) is 0 Å². The van der Waals surface area contributed by atoms with Gasteiger partial charge in [-0.2, -0.15) is 0 Å². The van der Waals surface area contributed by atoms with Gasteiger partial charge in [0.05, 0.1) is 19.8 Å². The van der Waals surface area contributed by atoms with E-state index in [-0.39, 0.29) is 19.2 Å². The average molecular weight is 563 g/mol. The van der Waals surface area contributed by atoms with Gasteiger partial charge in [-0.25, -0.2) is 0 Å². The topological polar surface area (TPSA) is 135 Å². The third kappa shape index (κ3) is 16.9. The Balaban J connectivity index is 2.42. The van der Waals surface area contributed by atoms with E-state index in [0.29, 0.717) is 13.0 Å². The average Bonchev–Trinajstić information content (AvgIpc) is 2.93. The van der Waals surface area contributed by atoms with E-state index in [1.807, 2.05) is 0 Å². The molecule has 0 radical (unpaired) electrons. The summed E-state index contributed by atoms with van der Waals surface area (Å²) in [6.07, 6.45) is 11.5. The van der Waals surface area contributed by atoms with Crippen LogP contribution in [0.2, 0.25) is 0 Å². The molecule has 4 N–H and O–H groups in total. The van der Waals surface area contributed by atoms with E-state index in [4.69, 9.17) is 18.9 Å². The maximum absolute atomic E-state index is 12.5. The van der Waals surface area contributed by atoms with Crippen LogP contribution in [0.5, 0.6) is 0 Å². The van der Waals surface area contributed by atoms with Crippen LogP contribution in [0.3, 0.4) is 0 Å².